The molecule has 0 radical (unpaired) electrons. The molecular weight excluding hydrogens is 167 g/mol. The van der Waals surface area contributed by atoms with Crippen molar-refractivity contribution >= 4 is 22.1 Å². The van der Waals surface area contributed by atoms with Crippen molar-refractivity contribution in [3.63, 3.8) is 0 Å². The third-order valence-corrected chi connectivity index (χ3v) is 7.20. The molecule has 0 aromatic carbocycles. The van der Waals surface area contributed by atoms with Crippen LogP contribution < -0.4 is 0 Å². The van der Waals surface area contributed by atoms with Gasteiger partial charge in [-0.1, -0.05) is 0 Å². The van der Waals surface area contributed by atoms with Gasteiger partial charge in [-0.3, -0.25) is 0 Å². The van der Waals surface area contributed by atoms with Gasteiger partial charge in [-0.25, -0.2) is 0 Å². The minimum absolute atomic E-state index is 0.0347. The van der Waals surface area contributed by atoms with Crippen LogP contribution in [0, 0.1) is 0 Å². The van der Waals surface area contributed by atoms with Crippen LogP contribution in [0.4, 0.5) is 0 Å². The molecule has 1 saturated heterocycles. The molecule has 0 aliphatic carbocycles. The first-order valence-corrected chi connectivity index (χ1v) is 6.46. The second-order valence-electron chi connectivity index (χ2n) is 1.08. The van der Waals surface area contributed by atoms with Gasteiger partial charge in [0.1, 0.15) is 0 Å². The maximum atomic E-state index is 10.1. The third-order valence-electron chi connectivity index (χ3n) is 0.596. The summed E-state index contributed by atoms with van der Waals surface area (Å²) in [5.41, 5.74) is 0. The summed E-state index contributed by atoms with van der Waals surface area (Å²) in [6, 6.07) is 0. The van der Waals surface area contributed by atoms with Crippen LogP contribution in [0.3, 0.4) is 0 Å². The van der Waals surface area contributed by atoms with Crippen molar-refractivity contribution in [1.29, 1.82) is 0 Å². The monoisotopic (exact) mass is 172 g/mol. The molecule has 0 unspecified atom stereocenters. The fraction of sp³-hybridized carbons (Fsp3) is 1.00. The van der Waals surface area contributed by atoms with E-state index in [9.17, 15) is 8.42 Å². The third kappa shape index (κ3) is 0.750. The molecule has 1 aliphatic heterocycles. The van der Waals surface area contributed by atoms with Gasteiger partial charge in [0.05, 0.1) is 0 Å². The molecule has 0 spiro atoms. The van der Waals surface area contributed by atoms with E-state index in [1.165, 1.54) is 0 Å². The second-order valence-corrected chi connectivity index (χ2v) is 8.38. The van der Waals surface area contributed by atoms with E-state index in [4.69, 9.17) is 0 Å². The van der Waals surface area contributed by atoms with E-state index in [2.05, 4.69) is 0 Å². The van der Waals surface area contributed by atoms with E-state index >= 15 is 0 Å². The summed E-state index contributed by atoms with van der Waals surface area (Å²) in [5.74, 6) is 0.451. The topological polar surface area (TPSA) is 34.1 Å². The van der Waals surface area contributed by atoms with E-state index in [1.807, 2.05) is 0 Å². The summed E-state index contributed by atoms with van der Waals surface area (Å²) >= 11 is -0.0347. The van der Waals surface area contributed by atoms with Crippen LogP contribution in [0.25, 0.3) is 0 Å². The molecule has 1 rings (SSSR count). The first-order chi connectivity index (χ1) is 2.71. The van der Waals surface area contributed by atoms with Crippen LogP contribution in [0.2, 0.25) is 5.32 Å². The van der Waals surface area contributed by atoms with Crippen molar-refractivity contribution in [1.82, 2.24) is 0 Å². The van der Waals surface area contributed by atoms with Gasteiger partial charge in [0, 0.05) is 0 Å². The van der Waals surface area contributed by atoms with Crippen molar-refractivity contribution < 1.29 is 8.42 Å². The quantitative estimate of drug-likeness (QED) is 0.458. The molecule has 0 saturated carbocycles. The van der Waals surface area contributed by atoms with E-state index in [-0.39, 0.29) is 13.8 Å². The fourth-order valence-electron chi connectivity index (χ4n) is 0.219. The first kappa shape index (κ1) is 4.62. The van der Waals surface area contributed by atoms with Crippen molar-refractivity contribution in [2.75, 3.05) is 5.75 Å². The van der Waals surface area contributed by atoms with Crippen molar-refractivity contribution in [3.05, 3.63) is 0 Å². The predicted octanol–water partition coefficient (Wildman–Crippen LogP) is -0.548. The molecule has 4 heteroatoms. The molecule has 1 aliphatic rings. The van der Waals surface area contributed by atoms with Gasteiger partial charge in [-0.15, -0.1) is 0 Å². The average molecular weight is 171 g/mol. The van der Waals surface area contributed by atoms with Crippen molar-refractivity contribution in [2.24, 2.45) is 0 Å². The summed E-state index contributed by atoms with van der Waals surface area (Å²) in [4.78, 5) is 0. The summed E-state index contributed by atoms with van der Waals surface area (Å²) in [7, 11) is -2.42. The van der Waals surface area contributed by atoms with E-state index in [0.29, 0.717) is 5.75 Å². The van der Waals surface area contributed by atoms with Crippen LogP contribution in [0.5, 0.6) is 0 Å². The maximum absolute atomic E-state index is 10.1. The van der Waals surface area contributed by atoms with Crippen LogP contribution in [0.1, 0.15) is 0 Å². The molecule has 0 aromatic heterocycles. The molecule has 1 fully saturated rings. The fourth-order valence-corrected chi connectivity index (χ4v) is 3.42. The Bertz CT molecular complexity index is 126. The zero-order chi connectivity index (χ0) is 4.62. The van der Waals surface area contributed by atoms with Crippen LogP contribution in [-0.2, 0) is 8.26 Å². The normalized spacial score (nSPS) is 28.7. The molecule has 0 N–H and O–H groups in total. The molecule has 36 valence electrons. The molecule has 0 bridgehead atoms. The van der Waals surface area contributed by atoms with Gasteiger partial charge in [-0.2, -0.15) is 0 Å². The molecule has 6 heavy (non-hydrogen) atoms. The molecule has 0 aromatic rings. The summed E-state index contributed by atoms with van der Waals surface area (Å²) < 4.78 is 20.2. The minimum atomic E-state index is -2.42. The van der Waals surface area contributed by atoms with Gasteiger partial charge >= 0.3 is 41.6 Å². The Balaban J connectivity index is 2.78. The summed E-state index contributed by atoms with van der Waals surface area (Å²) in [6.45, 7) is 0. The van der Waals surface area contributed by atoms with Gasteiger partial charge in [0.15, 0.2) is 0 Å². The second kappa shape index (κ2) is 1.22. The summed E-state index contributed by atoms with van der Waals surface area (Å²) in [5, 5.41) is 0.940. The Morgan fingerprint density at radius 1 is 1.50 bits per heavy atom. The van der Waals surface area contributed by atoms with Crippen LogP contribution in [-0.4, -0.2) is 28.0 Å². The Morgan fingerprint density at radius 3 is 1.83 bits per heavy atom. The van der Waals surface area contributed by atoms with Gasteiger partial charge in [0.25, 0.3) is 0 Å². The Kier molecular flexibility index (Phi) is 0.939. The Morgan fingerprint density at radius 2 is 1.83 bits per heavy atom. The van der Waals surface area contributed by atoms with E-state index in [1.54, 1.807) is 0 Å². The van der Waals surface area contributed by atoms with Gasteiger partial charge < -0.3 is 0 Å². The van der Waals surface area contributed by atoms with Crippen LogP contribution in [0.15, 0.2) is 0 Å². The average Bonchev–Trinajstić information content (AvgIpc) is 1.32. The van der Waals surface area contributed by atoms with E-state index < -0.39 is 8.26 Å². The molecule has 2 nitrogen and oxygen atoms in total. The number of hydrogen-bond donors (Lipinski definition) is 0. The zero-order valence-electron chi connectivity index (χ0n) is 3.05. The van der Waals surface area contributed by atoms with Gasteiger partial charge in [0.2, 0.25) is 0 Å². The van der Waals surface area contributed by atoms with Crippen molar-refractivity contribution in [2.45, 2.75) is 5.32 Å². The summed E-state index contributed by atoms with van der Waals surface area (Å²) in [6.07, 6.45) is 0. The predicted molar refractivity (Wildman–Crippen MR) is 24.3 cm³/mol. The van der Waals surface area contributed by atoms with E-state index in [0.717, 1.165) is 5.32 Å². The molecule has 0 atom stereocenters. The first-order valence-electron chi connectivity index (χ1n) is 1.58. The number of rotatable bonds is 0. The standard InChI is InChI=1S/C2H4O2SSe/c3-5(4)1-2-6-5/h1-2H2. The van der Waals surface area contributed by atoms with Gasteiger partial charge in [-0.05, 0) is 0 Å². The number of hydrogen-bond acceptors (Lipinski definition) is 2. The zero-order valence-corrected chi connectivity index (χ0v) is 5.58. The Labute approximate surface area is 42.1 Å². The molecule has 1 heterocycles. The van der Waals surface area contributed by atoms with Crippen molar-refractivity contribution in [3.8, 4) is 0 Å². The Hall–Kier alpha value is 0.469. The SMILES string of the molecule is O=S1(=O)CC[Se]1. The molecular formula is C2H4O2SSe. The molecule has 0 amide bonds. The van der Waals surface area contributed by atoms with Crippen LogP contribution >= 0.6 is 0 Å².